The quantitative estimate of drug-likeness (QED) is 0.820. The SMILES string of the molecule is Cl.FC(F)(F)CC1Cc2c(Br)cccc2C(C2=NCCN2)O1. The summed E-state index contributed by atoms with van der Waals surface area (Å²) in [5, 5.41) is 3.10. The molecule has 0 saturated carbocycles. The van der Waals surface area contributed by atoms with E-state index in [-0.39, 0.29) is 18.8 Å². The normalized spacial score (nSPS) is 24.1. The van der Waals surface area contributed by atoms with Gasteiger partial charge < -0.3 is 10.1 Å². The van der Waals surface area contributed by atoms with Gasteiger partial charge in [0.15, 0.2) is 0 Å². The van der Waals surface area contributed by atoms with Gasteiger partial charge in [-0.3, -0.25) is 4.99 Å². The second-order valence-electron chi connectivity index (χ2n) is 5.16. The summed E-state index contributed by atoms with van der Waals surface area (Å²) in [6.45, 7) is 1.32. The second-order valence-corrected chi connectivity index (χ2v) is 6.02. The summed E-state index contributed by atoms with van der Waals surface area (Å²) >= 11 is 3.43. The van der Waals surface area contributed by atoms with E-state index in [1.807, 2.05) is 18.2 Å². The molecular weight excluding hydrogens is 385 g/mol. The van der Waals surface area contributed by atoms with Crippen LogP contribution >= 0.6 is 28.3 Å². The lowest BCUT2D eigenvalue weighted by molar-refractivity contribution is -0.165. The molecule has 1 N–H and O–H groups in total. The Labute approximate surface area is 140 Å². The van der Waals surface area contributed by atoms with E-state index in [0.29, 0.717) is 18.9 Å². The molecule has 0 aromatic heterocycles. The molecule has 3 rings (SSSR count). The number of halogens is 5. The molecule has 8 heteroatoms. The van der Waals surface area contributed by atoms with Crippen molar-refractivity contribution in [1.29, 1.82) is 0 Å². The first-order valence-corrected chi connectivity index (χ1v) is 7.51. The molecule has 22 heavy (non-hydrogen) atoms. The van der Waals surface area contributed by atoms with Gasteiger partial charge in [-0.25, -0.2) is 0 Å². The maximum absolute atomic E-state index is 12.7. The van der Waals surface area contributed by atoms with Gasteiger partial charge in [-0.1, -0.05) is 28.1 Å². The van der Waals surface area contributed by atoms with Gasteiger partial charge in [0.05, 0.1) is 19.1 Å². The summed E-state index contributed by atoms with van der Waals surface area (Å²) in [6.07, 6.45) is -6.36. The van der Waals surface area contributed by atoms with Crippen LogP contribution in [0, 0.1) is 0 Å². The number of aliphatic imine (C=N–C) groups is 1. The molecule has 122 valence electrons. The zero-order valence-corrected chi connectivity index (χ0v) is 13.9. The Morgan fingerprint density at radius 1 is 1.36 bits per heavy atom. The number of fused-ring (bicyclic) bond motifs is 1. The first-order chi connectivity index (χ1) is 9.94. The largest absolute Gasteiger partial charge is 0.391 e. The summed E-state index contributed by atoms with van der Waals surface area (Å²) in [4.78, 5) is 4.30. The molecule has 1 aromatic rings. The monoisotopic (exact) mass is 398 g/mol. The van der Waals surface area contributed by atoms with Gasteiger partial charge in [0.1, 0.15) is 11.9 Å². The summed E-state index contributed by atoms with van der Waals surface area (Å²) in [5.74, 6) is 0.626. The molecule has 2 aliphatic heterocycles. The van der Waals surface area contributed by atoms with Crippen LogP contribution < -0.4 is 5.32 Å². The number of ether oxygens (including phenoxy) is 1. The van der Waals surface area contributed by atoms with Crippen molar-refractivity contribution in [2.45, 2.75) is 31.2 Å². The van der Waals surface area contributed by atoms with E-state index in [1.165, 1.54) is 0 Å². The smallest absolute Gasteiger partial charge is 0.369 e. The van der Waals surface area contributed by atoms with Crippen molar-refractivity contribution in [1.82, 2.24) is 5.32 Å². The Morgan fingerprint density at radius 2 is 2.14 bits per heavy atom. The number of hydrogen-bond donors (Lipinski definition) is 1. The Hall–Kier alpha value is -0.790. The zero-order valence-electron chi connectivity index (χ0n) is 11.5. The highest BCUT2D eigenvalue weighted by Gasteiger charge is 2.39. The van der Waals surface area contributed by atoms with Crippen molar-refractivity contribution in [3.8, 4) is 0 Å². The van der Waals surface area contributed by atoms with E-state index in [0.717, 1.165) is 15.6 Å². The van der Waals surface area contributed by atoms with Crippen molar-refractivity contribution in [3.05, 3.63) is 33.8 Å². The highest BCUT2D eigenvalue weighted by atomic mass is 79.9. The Bertz CT molecular complexity index is 580. The van der Waals surface area contributed by atoms with E-state index in [2.05, 4.69) is 26.2 Å². The lowest BCUT2D eigenvalue weighted by atomic mass is 9.92. The molecule has 2 aliphatic rings. The van der Waals surface area contributed by atoms with E-state index in [1.54, 1.807) is 0 Å². The Morgan fingerprint density at radius 3 is 2.77 bits per heavy atom. The standard InChI is InChI=1S/C14H14BrF3N2O.ClH/c15-11-3-1-2-9-10(11)6-8(7-14(16,17)18)21-12(9)13-19-4-5-20-13;/h1-3,8,12H,4-7H2,(H,19,20);1H. The fraction of sp³-hybridized carbons (Fsp3) is 0.500. The predicted octanol–water partition coefficient (Wildman–Crippen LogP) is 3.81. The second kappa shape index (κ2) is 6.76. The summed E-state index contributed by atoms with van der Waals surface area (Å²) in [6, 6.07) is 5.59. The maximum atomic E-state index is 12.7. The molecule has 0 spiro atoms. The van der Waals surface area contributed by atoms with Crippen LogP contribution in [0.3, 0.4) is 0 Å². The van der Waals surface area contributed by atoms with E-state index < -0.39 is 24.8 Å². The number of benzene rings is 1. The van der Waals surface area contributed by atoms with Crippen LogP contribution in [0.4, 0.5) is 13.2 Å². The van der Waals surface area contributed by atoms with Gasteiger partial charge in [-0.05, 0) is 17.2 Å². The Kier molecular flexibility index (Phi) is 5.40. The van der Waals surface area contributed by atoms with Crippen molar-refractivity contribution in [2.75, 3.05) is 13.1 Å². The van der Waals surface area contributed by atoms with Crippen molar-refractivity contribution < 1.29 is 17.9 Å². The molecule has 0 saturated heterocycles. The van der Waals surface area contributed by atoms with Gasteiger partial charge in [0.25, 0.3) is 0 Å². The molecule has 2 unspecified atom stereocenters. The molecule has 2 atom stereocenters. The lowest BCUT2D eigenvalue weighted by Crippen LogP contribution is -2.37. The number of nitrogens with one attached hydrogen (secondary N) is 1. The average Bonchev–Trinajstić information content (AvgIpc) is 2.91. The topological polar surface area (TPSA) is 33.6 Å². The van der Waals surface area contributed by atoms with E-state index in [9.17, 15) is 13.2 Å². The minimum absolute atomic E-state index is 0. The first-order valence-electron chi connectivity index (χ1n) is 6.72. The molecule has 0 bridgehead atoms. The first kappa shape index (κ1) is 17.6. The van der Waals surface area contributed by atoms with Crippen LogP contribution in [-0.4, -0.2) is 31.2 Å². The number of amidine groups is 1. The summed E-state index contributed by atoms with van der Waals surface area (Å²) in [5.41, 5.74) is 1.76. The molecule has 0 radical (unpaired) electrons. The molecule has 2 heterocycles. The minimum atomic E-state index is -4.24. The van der Waals surface area contributed by atoms with Crippen molar-refractivity contribution in [2.24, 2.45) is 4.99 Å². The van der Waals surface area contributed by atoms with Crippen molar-refractivity contribution >= 4 is 34.2 Å². The van der Waals surface area contributed by atoms with Gasteiger partial charge in [0.2, 0.25) is 0 Å². The summed E-state index contributed by atoms with van der Waals surface area (Å²) < 4.78 is 44.6. The fourth-order valence-electron chi connectivity index (χ4n) is 2.76. The maximum Gasteiger partial charge on any atom is 0.391 e. The van der Waals surface area contributed by atoms with Crippen LogP contribution in [0.25, 0.3) is 0 Å². The van der Waals surface area contributed by atoms with Crippen molar-refractivity contribution in [3.63, 3.8) is 0 Å². The van der Waals surface area contributed by atoms with Gasteiger partial charge in [0, 0.05) is 17.4 Å². The van der Waals surface area contributed by atoms with Crippen LogP contribution in [-0.2, 0) is 11.2 Å². The van der Waals surface area contributed by atoms with Crippen LogP contribution in [0.5, 0.6) is 0 Å². The minimum Gasteiger partial charge on any atom is -0.369 e. The van der Waals surface area contributed by atoms with E-state index in [4.69, 9.17) is 4.74 Å². The third-order valence-electron chi connectivity index (χ3n) is 3.61. The third-order valence-corrected chi connectivity index (χ3v) is 4.35. The van der Waals surface area contributed by atoms with Crippen LogP contribution in [0.2, 0.25) is 0 Å². The number of nitrogens with zero attached hydrogens (tertiary/aromatic N) is 1. The highest BCUT2D eigenvalue weighted by molar-refractivity contribution is 9.10. The molecular formula is C14H15BrClF3N2O. The zero-order chi connectivity index (χ0) is 15.0. The van der Waals surface area contributed by atoms with Gasteiger partial charge in [-0.2, -0.15) is 13.2 Å². The molecule has 0 fully saturated rings. The van der Waals surface area contributed by atoms with Gasteiger partial charge >= 0.3 is 6.18 Å². The molecule has 1 aromatic carbocycles. The van der Waals surface area contributed by atoms with Crippen LogP contribution in [0.1, 0.15) is 23.7 Å². The highest BCUT2D eigenvalue weighted by Crippen LogP contribution is 2.38. The number of hydrogen-bond acceptors (Lipinski definition) is 3. The van der Waals surface area contributed by atoms with Gasteiger partial charge in [-0.15, -0.1) is 12.4 Å². The Balaban J connectivity index is 0.00000176. The molecule has 0 aliphatic carbocycles. The average molecular weight is 400 g/mol. The fourth-order valence-corrected chi connectivity index (χ4v) is 3.30. The van der Waals surface area contributed by atoms with E-state index >= 15 is 0 Å². The molecule has 3 nitrogen and oxygen atoms in total. The predicted molar refractivity (Wildman–Crippen MR) is 83.7 cm³/mol. The number of alkyl halides is 3. The number of rotatable bonds is 2. The molecule has 0 amide bonds. The summed E-state index contributed by atoms with van der Waals surface area (Å²) in [7, 11) is 0. The third kappa shape index (κ3) is 3.75. The lowest BCUT2D eigenvalue weighted by Gasteiger charge is -2.33. The van der Waals surface area contributed by atoms with Crippen LogP contribution in [0.15, 0.2) is 27.7 Å².